The van der Waals surface area contributed by atoms with Crippen LogP contribution < -0.4 is 5.73 Å². The average molecular weight is 275 g/mol. The number of amides is 1. The van der Waals surface area contributed by atoms with Crippen LogP contribution in [0.2, 0.25) is 0 Å². The highest BCUT2D eigenvalue weighted by molar-refractivity contribution is 5.84. The summed E-state index contributed by atoms with van der Waals surface area (Å²) in [6.07, 6.45) is 2.19. The second-order valence-corrected chi connectivity index (χ2v) is 5.79. The Morgan fingerprint density at radius 3 is 2.70 bits per heavy atom. The molecule has 0 saturated carbocycles. The summed E-state index contributed by atoms with van der Waals surface area (Å²) in [5, 5.41) is 0. The van der Waals surface area contributed by atoms with Crippen molar-refractivity contribution in [3.8, 4) is 0 Å². The monoisotopic (exact) mass is 275 g/mol. The number of hydrogen-bond donors (Lipinski definition) is 1. The fraction of sp³-hybridized carbons (Fsp3) is 0.562. The van der Waals surface area contributed by atoms with Gasteiger partial charge in [-0.1, -0.05) is 30.3 Å². The number of nitrogens with two attached hydrogens (primary N) is 1. The molecule has 110 valence electrons. The van der Waals surface area contributed by atoms with Gasteiger partial charge in [-0.05, 0) is 32.5 Å². The largest absolute Gasteiger partial charge is 0.338 e. The van der Waals surface area contributed by atoms with Crippen LogP contribution in [0.4, 0.5) is 0 Å². The van der Waals surface area contributed by atoms with Gasteiger partial charge in [-0.2, -0.15) is 0 Å². The third-order valence-electron chi connectivity index (χ3n) is 3.97. The van der Waals surface area contributed by atoms with Gasteiger partial charge in [-0.15, -0.1) is 0 Å². The second-order valence-electron chi connectivity index (χ2n) is 5.79. The number of hydrogen-bond acceptors (Lipinski definition) is 3. The van der Waals surface area contributed by atoms with Crippen molar-refractivity contribution in [3.05, 3.63) is 35.9 Å². The van der Waals surface area contributed by atoms with Crippen molar-refractivity contribution in [1.82, 2.24) is 9.80 Å². The first-order valence-electron chi connectivity index (χ1n) is 7.33. The molecule has 1 fully saturated rings. The van der Waals surface area contributed by atoms with Gasteiger partial charge in [0.1, 0.15) is 0 Å². The van der Waals surface area contributed by atoms with E-state index in [0.29, 0.717) is 12.6 Å². The maximum absolute atomic E-state index is 12.8. The number of likely N-dealkylation sites (N-methyl/N-ethyl adjacent to an activating group) is 1. The zero-order chi connectivity index (χ0) is 14.5. The number of carbonyl (C=O) groups excluding carboxylic acids is 1. The van der Waals surface area contributed by atoms with E-state index in [2.05, 4.69) is 19.0 Å². The summed E-state index contributed by atoms with van der Waals surface area (Å²) in [5.41, 5.74) is 6.89. The van der Waals surface area contributed by atoms with Crippen LogP contribution in [0.25, 0.3) is 0 Å². The molecular weight excluding hydrogens is 250 g/mol. The van der Waals surface area contributed by atoms with Crippen molar-refractivity contribution in [3.63, 3.8) is 0 Å². The van der Waals surface area contributed by atoms with Crippen LogP contribution in [-0.4, -0.2) is 55.5 Å². The lowest BCUT2D eigenvalue weighted by atomic mass is 9.97. The van der Waals surface area contributed by atoms with E-state index in [1.165, 1.54) is 0 Å². The standard InChI is InChI=1S/C16H25N3O/c1-18(2)12-14-9-6-10-19(14)16(20)15(11-17)13-7-4-3-5-8-13/h3-5,7-8,14-15H,6,9-12,17H2,1-2H3. The molecule has 0 bridgehead atoms. The lowest BCUT2D eigenvalue weighted by molar-refractivity contribution is -0.133. The fourth-order valence-electron chi connectivity index (χ4n) is 3.00. The molecule has 1 aromatic carbocycles. The van der Waals surface area contributed by atoms with Gasteiger partial charge in [0, 0.05) is 25.7 Å². The van der Waals surface area contributed by atoms with E-state index in [1.54, 1.807) is 0 Å². The third-order valence-corrected chi connectivity index (χ3v) is 3.97. The summed E-state index contributed by atoms with van der Waals surface area (Å²) in [7, 11) is 4.11. The highest BCUT2D eigenvalue weighted by Crippen LogP contribution is 2.24. The van der Waals surface area contributed by atoms with Crippen molar-refractivity contribution in [2.45, 2.75) is 24.8 Å². The van der Waals surface area contributed by atoms with Gasteiger partial charge in [-0.3, -0.25) is 4.79 Å². The van der Waals surface area contributed by atoms with Crippen LogP contribution in [-0.2, 0) is 4.79 Å². The van der Waals surface area contributed by atoms with Crippen LogP contribution in [0, 0.1) is 0 Å². The molecule has 20 heavy (non-hydrogen) atoms. The normalized spacial score (nSPS) is 20.4. The second kappa shape index (κ2) is 6.86. The zero-order valence-corrected chi connectivity index (χ0v) is 12.5. The first-order valence-corrected chi connectivity index (χ1v) is 7.33. The molecule has 0 radical (unpaired) electrons. The first-order chi connectivity index (χ1) is 9.63. The van der Waals surface area contributed by atoms with Gasteiger partial charge in [0.05, 0.1) is 5.92 Å². The summed E-state index contributed by atoms with van der Waals surface area (Å²) in [6.45, 7) is 2.16. The molecule has 1 aromatic rings. The van der Waals surface area contributed by atoms with Gasteiger partial charge >= 0.3 is 0 Å². The molecule has 1 heterocycles. The Balaban J connectivity index is 2.12. The molecule has 0 aromatic heterocycles. The van der Waals surface area contributed by atoms with Crippen LogP contribution in [0.5, 0.6) is 0 Å². The summed E-state index contributed by atoms with van der Waals surface area (Å²) in [5.74, 6) is -0.0259. The van der Waals surface area contributed by atoms with Crippen molar-refractivity contribution < 1.29 is 4.79 Å². The van der Waals surface area contributed by atoms with Gasteiger partial charge < -0.3 is 15.5 Å². The summed E-state index contributed by atoms with van der Waals surface area (Å²) < 4.78 is 0. The zero-order valence-electron chi connectivity index (χ0n) is 12.5. The molecule has 2 atom stereocenters. The summed E-state index contributed by atoms with van der Waals surface area (Å²) in [4.78, 5) is 17.0. The maximum Gasteiger partial charge on any atom is 0.231 e. The smallest absolute Gasteiger partial charge is 0.231 e. The number of nitrogens with zero attached hydrogens (tertiary/aromatic N) is 2. The predicted octanol–water partition coefficient (Wildman–Crippen LogP) is 1.28. The Morgan fingerprint density at radius 1 is 1.40 bits per heavy atom. The molecule has 2 rings (SSSR count). The SMILES string of the molecule is CN(C)CC1CCCN1C(=O)C(CN)c1ccccc1. The quantitative estimate of drug-likeness (QED) is 0.881. The molecule has 1 amide bonds. The lowest BCUT2D eigenvalue weighted by Crippen LogP contribution is -2.44. The summed E-state index contributed by atoms with van der Waals surface area (Å²) in [6, 6.07) is 10.2. The first kappa shape index (κ1) is 15.0. The summed E-state index contributed by atoms with van der Waals surface area (Å²) >= 11 is 0. The molecule has 1 aliphatic rings. The molecule has 1 saturated heterocycles. The van der Waals surface area contributed by atoms with Gasteiger partial charge in [0.2, 0.25) is 5.91 Å². The molecule has 1 aliphatic heterocycles. The minimum Gasteiger partial charge on any atom is -0.338 e. The van der Waals surface area contributed by atoms with Crippen LogP contribution in [0.1, 0.15) is 24.3 Å². The fourth-order valence-corrected chi connectivity index (χ4v) is 3.00. The highest BCUT2D eigenvalue weighted by atomic mass is 16.2. The number of likely N-dealkylation sites (tertiary alicyclic amines) is 1. The predicted molar refractivity (Wildman–Crippen MR) is 81.5 cm³/mol. The highest BCUT2D eigenvalue weighted by Gasteiger charge is 2.33. The van der Waals surface area contributed by atoms with E-state index in [1.807, 2.05) is 35.2 Å². The molecule has 4 nitrogen and oxygen atoms in total. The van der Waals surface area contributed by atoms with E-state index in [-0.39, 0.29) is 11.8 Å². The lowest BCUT2D eigenvalue weighted by Gasteiger charge is -2.30. The molecular formula is C16H25N3O. The molecule has 0 aliphatic carbocycles. The van der Waals surface area contributed by atoms with Gasteiger partial charge in [-0.25, -0.2) is 0 Å². The Kier molecular flexibility index (Phi) is 5.15. The molecule has 2 unspecified atom stereocenters. The van der Waals surface area contributed by atoms with E-state index in [4.69, 9.17) is 5.73 Å². The topological polar surface area (TPSA) is 49.6 Å². The number of carbonyl (C=O) groups is 1. The van der Waals surface area contributed by atoms with Crippen LogP contribution in [0.3, 0.4) is 0 Å². The minimum absolute atomic E-state index is 0.183. The van der Waals surface area contributed by atoms with E-state index >= 15 is 0 Å². The molecule has 0 spiro atoms. The molecule has 4 heteroatoms. The van der Waals surface area contributed by atoms with E-state index < -0.39 is 0 Å². The number of rotatable bonds is 5. The minimum atomic E-state index is -0.209. The number of benzene rings is 1. The maximum atomic E-state index is 12.8. The van der Waals surface area contributed by atoms with E-state index in [0.717, 1.165) is 31.5 Å². The molecule has 2 N–H and O–H groups in total. The Labute approximate surface area is 121 Å². The van der Waals surface area contributed by atoms with Crippen molar-refractivity contribution in [2.75, 3.05) is 33.7 Å². The van der Waals surface area contributed by atoms with E-state index in [9.17, 15) is 4.79 Å². The van der Waals surface area contributed by atoms with Crippen molar-refractivity contribution in [1.29, 1.82) is 0 Å². The van der Waals surface area contributed by atoms with Gasteiger partial charge in [0.15, 0.2) is 0 Å². The third kappa shape index (κ3) is 3.38. The van der Waals surface area contributed by atoms with Crippen molar-refractivity contribution in [2.24, 2.45) is 5.73 Å². The average Bonchev–Trinajstić information content (AvgIpc) is 2.88. The van der Waals surface area contributed by atoms with Crippen LogP contribution >= 0.6 is 0 Å². The Bertz CT molecular complexity index is 433. The van der Waals surface area contributed by atoms with Crippen LogP contribution in [0.15, 0.2) is 30.3 Å². The Morgan fingerprint density at radius 2 is 2.10 bits per heavy atom. The van der Waals surface area contributed by atoms with Gasteiger partial charge in [0.25, 0.3) is 0 Å². The van der Waals surface area contributed by atoms with Crippen molar-refractivity contribution >= 4 is 5.91 Å². The Hall–Kier alpha value is -1.39.